The third-order valence-corrected chi connectivity index (χ3v) is 6.33. The Balaban J connectivity index is 1.48. The van der Waals surface area contributed by atoms with Gasteiger partial charge in [0.05, 0.1) is 0 Å². The maximum atomic E-state index is 4.01. The van der Waals surface area contributed by atoms with Crippen LogP contribution >= 0.6 is 11.8 Å². The lowest BCUT2D eigenvalue weighted by molar-refractivity contribution is 0.176. The number of hydrogen-bond acceptors (Lipinski definition) is 3. The van der Waals surface area contributed by atoms with Gasteiger partial charge < -0.3 is 5.32 Å². The van der Waals surface area contributed by atoms with Crippen molar-refractivity contribution in [2.45, 2.75) is 75.2 Å². The van der Waals surface area contributed by atoms with Gasteiger partial charge in [-0.2, -0.15) is 11.8 Å². The first-order chi connectivity index (χ1) is 8.86. The average molecular weight is 268 g/mol. The molecule has 0 aromatic rings. The minimum absolute atomic E-state index is 0.806. The van der Waals surface area contributed by atoms with Gasteiger partial charge in [-0.25, -0.2) is 0 Å². The summed E-state index contributed by atoms with van der Waals surface area (Å²) < 4.78 is 0. The van der Waals surface area contributed by atoms with Gasteiger partial charge >= 0.3 is 0 Å². The Morgan fingerprint density at radius 1 is 1.11 bits per heavy atom. The van der Waals surface area contributed by atoms with E-state index in [1.54, 1.807) is 0 Å². The van der Waals surface area contributed by atoms with Crippen LogP contribution in [0.15, 0.2) is 0 Å². The van der Waals surface area contributed by atoms with Gasteiger partial charge in [-0.15, -0.1) is 0 Å². The van der Waals surface area contributed by atoms with Gasteiger partial charge in [-0.1, -0.05) is 13.3 Å². The molecule has 3 aliphatic rings. The van der Waals surface area contributed by atoms with Crippen molar-refractivity contribution in [2.24, 2.45) is 0 Å². The van der Waals surface area contributed by atoms with E-state index in [2.05, 4.69) is 28.9 Å². The van der Waals surface area contributed by atoms with Crippen LogP contribution in [-0.2, 0) is 0 Å². The number of rotatable bonds is 4. The van der Waals surface area contributed by atoms with Crippen molar-refractivity contribution in [2.75, 3.05) is 18.8 Å². The van der Waals surface area contributed by atoms with Crippen LogP contribution in [0.5, 0.6) is 0 Å². The normalized spacial score (nSPS) is 41.2. The molecule has 4 unspecified atom stereocenters. The molecule has 1 aliphatic carbocycles. The van der Waals surface area contributed by atoms with Gasteiger partial charge in [0.2, 0.25) is 0 Å². The van der Waals surface area contributed by atoms with Crippen molar-refractivity contribution in [1.29, 1.82) is 0 Å². The summed E-state index contributed by atoms with van der Waals surface area (Å²) in [5.74, 6) is 1.29. The van der Waals surface area contributed by atoms with Gasteiger partial charge in [0.25, 0.3) is 0 Å². The van der Waals surface area contributed by atoms with E-state index in [-0.39, 0.29) is 0 Å². The molecular formula is C15H28N2S. The van der Waals surface area contributed by atoms with E-state index in [1.807, 2.05) is 0 Å². The first kappa shape index (κ1) is 13.3. The Labute approximate surface area is 116 Å². The van der Waals surface area contributed by atoms with E-state index in [0.717, 1.165) is 23.4 Å². The number of piperidine rings is 1. The maximum Gasteiger partial charge on any atom is 0.0249 e. The Bertz CT molecular complexity index is 271. The van der Waals surface area contributed by atoms with Crippen molar-refractivity contribution in [1.82, 2.24) is 10.2 Å². The van der Waals surface area contributed by atoms with E-state index in [1.165, 1.54) is 63.8 Å². The van der Waals surface area contributed by atoms with Gasteiger partial charge in [-0.05, 0) is 50.8 Å². The van der Waals surface area contributed by atoms with Gasteiger partial charge in [0.1, 0.15) is 0 Å². The SMILES string of the molecule is CCSC1CCC(NC2CCN3CCCCC23)C1. The molecule has 2 nitrogen and oxygen atoms in total. The van der Waals surface area contributed by atoms with Crippen molar-refractivity contribution in [3.63, 3.8) is 0 Å². The summed E-state index contributed by atoms with van der Waals surface area (Å²) in [6, 6.07) is 2.50. The highest BCUT2D eigenvalue weighted by molar-refractivity contribution is 7.99. The molecule has 4 atom stereocenters. The van der Waals surface area contributed by atoms with Crippen LogP contribution in [0.2, 0.25) is 0 Å². The molecule has 0 amide bonds. The molecule has 1 N–H and O–H groups in total. The standard InChI is InChI=1S/C15H28N2S/c1-2-18-13-7-6-12(11-13)16-14-8-10-17-9-4-3-5-15(14)17/h12-16H,2-11H2,1H3. The predicted octanol–water partition coefficient (Wildman–Crippen LogP) is 2.88. The second-order valence-corrected chi connectivity index (χ2v) is 7.83. The molecule has 0 radical (unpaired) electrons. The monoisotopic (exact) mass is 268 g/mol. The van der Waals surface area contributed by atoms with Crippen molar-refractivity contribution in [3.8, 4) is 0 Å². The molecule has 2 saturated heterocycles. The lowest BCUT2D eigenvalue weighted by atomic mass is 9.98. The molecule has 1 saturated carbocycles. The summed E-state index contributed by atoms with van der Waals surface area (Å²) >= 11 is 2.17. The van der Waals surface area contributed by atoms with Gasteiger partial charge in [0, 0.05) is 29.9 Å². The Morgan fingerprint density at radius 3 is 2.94 bits per heavy atom. The van der Waals surface area contributed by atoms with E-state index < -0.39 is 0 Å². The smallest absolute Gasteiger partial charge is 0.0249 e. The highest BCUT2D eigenvalue weighted by Gasteiger charge is 2.37. The zero-order chi connectivity index (χ0) is 12.4. The zero-order valence-electron chi connectivity index (χ0n) is 11.7. The number of nitrogens with zero attached hydrogens (tertiary/aromatic N) is 1. The minimum Gasteiger partial charge on any atom is -0.310 e. The van der Waals surface area contributed by atoms with E-state index in [0.29, 0.717) is 0 Å². The van der Waals surface area contributed by atoms with Crippen molar-refractivity contribution < 1.29 is 0 Å². The number of hydrogen-bond donors (Lipinski definition) is 1. The predicted molar refractivity (Wildman–Crippen MR) is 80.3 cm³/mol. The summed E-state index contributed by atoms with van der Waals surface area (Å²) in [6.45, 7) is 5.01. The molecule has 2 aliphatic heterocycles. The molecule has 0 aromatic carbocycles. The third kappa shape index (κ3) is 2.88. The highest BCUT2D eigenvalue weighted by Crippen LogP contribution is 2.32. The topological polar surface area (TPSA) is 15.3 Å². The van der Waals surface area contributed by atoms with Crippen LogP contribution in [0, 0.1) is 0 Å². The van der Waals surface area contributed by atoms with E-state index in [9.17, 15) is 0 Å². The quantitative estimate of drug-likeness (QED) is 0.844. The Hall–Kier alpha value is 0.270. The lowest BCUT2D eigenvalue weighted by Crippen LogP contribution is -2.47. The van der Waals surface area contributed by atoms with Gasteiger partial charge in [-0.3, -0.25) is 4.90 Å². The second kappa shape index (κ2) is 6.15. The fourth-order valence-corrected chi connectivity index (χ4v) is 5.37. The van der Waals surface area contributed by atoms with Crippen LogP contribution in [0.25, 0.3) is 0 Å². The Kier molecular flexibility index (Phi) is 4.53. The average Bonchev–Trinajstić information content (AvgIpc) is 2.99. The fourth-order valence-electron chi connectivity index (χ4n) is 4.22. The summed E-state index contributed by atoms with van der Waals surface area (Å²) in [5.41, 5.74) is 0. The first-order valence-electron chi connectivity index (χ1n) is 7.98. The molecule has 104 valence electrons. The molecule has 2 heterocycles. The summed E-state index contributed by atoms with van der Waals surface area (Å²) in [7, 11) is 0. The molecule has 0 spiro atoms. The highest BCUT2D eigenvalue weighted by atomic mass is 32.2. The van der Waals surface area contributed by atoms with Crippen LogP contribution in [0.1, 0.15) is 51.9 Å². The van der Waals surface area contributed by atoms with Crippen LogP contribution in [-0.4, -0.2) is 47.1 Å². The molecule has 0 aromatic heterocycles. The zero-order valence-corrected chi connectivity index (χ0v) is 12.6. The molecule has 3 heteroatoms. The number of thioether (sulfide) groups is 1. The molecule has 3 rings (SSSR count). The van der Waals surface area contributed by atoms with Crippen LogP contribution in [0.3, 0.4) is 0 Å². The Morgan fingerprint density at radius 2 is 2.06 bits per heavy atom. The lowest BCUT2D eigenvalue weighted by Gasteiger charge is -2.33. The largest absolute Gasteiger partial charge is 0.310 e. The second-order valence-electron chi connectivity index (χ2n) is 6.25. The fraction of sp³-hybridized carbons (Fsp3) is 1.00. The summed E-state index contributed by atoms with van der Waals surface area (Å²) in [6.07, 6.45) is 10.0. The van der Waals surface area contributed by atoms with E-state index >= 15 is 0 Å². The van der Waals surface area contributed by atoms with E-state index in [4.69, 9.17) is 0 Å². The molecule has 3 fully saturated rings. The molecular weight excluding hydrogens is 240 g/mol. The summed E-state index contributed by atoms with van der Waals surface area (Å²) in [5, 5.41) is 4.95. The van der Waals surface area contributed by atoms with Gasteiger partial charge in [0.15, 0.2) is 0 Å². The number of nitrogens with one attached hydrogen (secondary N) is 1. The van der Waals surface area contributed by atoms with Crippen LogP contribution < -0.4 is 5.32 Å². The third-order valence-electron chi connectivity index (χ3n) is 5.09. The van der Waals surface area contributed by atoms with Crippen molar-refractivity contribution in [3.05, 3.63) is 0 Å². The maximum absolute atomic E-state index is 4.01. The minimum atomic E-state index is 0.806. The molecule has 0 bridgehead atoms. The first-order valence-corrected chi connectivity index (χ1v) is 9.03. The molecule has 18 heavy (non-hydrogen) atoms. The summed E-state index contributed by atoms with van der Waals surface area (Å²) in [4.78, 5) is 2.74. The van der Waals surface area contributed by atoms with Crippen LogP contribution in [0.4, 0.5) is 0 Å². The van der Waals surface area contributed by atoms with Crippen molar-refractivity contribution >= 4 is 11.8 Å². The number of fused-ring (bicyclic) bond motifs is 1.